The lowest BCUT2D eigenvalue weighted by Crippen LogP contribution is -2.13. The highest BCUT2D eigenvalue weighted by Gasteiger charge is 2.22. The molecular weight excluding hydrogens is 264 g/mol. The van der Waals surface area contributed by atoms with Crippen molar-refractivity contribution in [3.8, 4) is 5.75 Å². The van der Waals surface area contributed by atoms with Crippen LogP contribution in [0.4, 0.5) is 0 Å². The van der Waals surface area contributed by atoms with Crippen molar-refractivity contribution in [1.29, 1.82) is 0 Å². The second kappa shape index (κ2) is 5.87. The van der Waals surface area contributed by atoms with Crippen molar-refractivity contribution in [2.24, 2.45) is 0 Å². The van der Waals surface area contributed by atoms with Gasteiger partial charge in [-0.15, -0.1) is 0 Å². The van der Waals surface area contributed by atoms with Gasteiger partial charge in [-0.25, -0.2) is 0 Å². The van der Waals surface area contributed by atoms with Gasteiger partial charge < -0.3 is 9.84 Å². The number of Topliss-reactive ketones (excluding diaryl/α,β-unsaturated/α-hetero) is 1. The highest BCUT2D eigenvalue weighted by atomic mass is 35.5. The molecule has 19 heavy (non-hydrogen) atoms. The van der Waals surface area contributed by atoms with E-state index < -0.39 is 11.9 Å². The van der Waals surface area contributed by atoms with Crippen molar-refractivity contribution in [2.45, 2.75) is 6.10 Å². The Bertz CT molecular complexity index is 581. The van der Waals surface area contributed by atoms with Crippen LogP contribution >= 0.6 is 11.6 Å². The van der Waals surface area contributed by atoms with Gasteiger partial charge in [0.25, 0.3) is 0 Å². The predicted molar refractivity (Wildman–Crippen MR) is 73.7 cm³/mol. The molecule has 1 unspecified atom stereocenters. The molecule has 0 fully saturated rings. The van der Waals surface area contributed by atoms with Crippen molar-refractivity contribution in [1.82, 2.24) is 0 Å². The van der Waals surface area contributed by atoms with Crippen LogP contribution in [0.15, 0.2) is 48.5 Å². The number of halogens is 1. The van der Waals surface area contributed by atoms with Gasteiger partial charge in [0.15, 0.2) is 5.78 Å². The Kier molecular flexibility index (Phi) is 4.20. The van der Waals surface area contributed by atoms with Gasteiger partial charge in [-0.2, -0.15) is 0 Å². The number of rotatable bonds is 4. The summed E-state index contributed by atoms with van der Waals surface area (Å²) in [5.74, 6) is -0.0628. The monoisotopic (exact) mass is 276 g/mol. The Hall–Kier alpha value is -1.84. The summed E-state index contributed by atoms with van der Waals surface area (Å²) in [6.45, 7) is 0. The maximum Gasteiger partial charge on any atom is 0.199 e. The first-order valence-electron chi connectivity index (χ1n) is 5.74. The zero-order valence-electron chi connectivity index (χ0n) is 10.3. The molecule has 2 aromatic carbocycles. The topological polar surface area (TPSA) is 46.5 Å². The fraction of sp³-hybridized carbons (Fsp3) is 0.133. The molecule has 0 heterocycles. The average Bonchev–Trinajstić information content (AvgIpc) is 2.46. The van der Waals surface area contributed by atoms with E-state index in [1.54, 1.807) is 42.5 Å². The van der Waals surface area contributed by atoms with E-state index in [2.05, 4.69) is 0 Å². The van der Waals surface area contributed by atoms with Gasteiger partial charge in [0.05, 0.1) is 12.7 Å². The highest BCUT2D eigenvalue weighted by Crippen LogP contribution is 2.27. The largest absolute Gasteiger partial charge is 0.496 e. The lowest BCUT2D eigenvalue weighted by atomic mass is 9.99. The zero-order chi connectivity index (χ0) is 13.8. The zero-order valence-corrected chi connectivity index (χ0v) is 11.1. The predicted octanol–water partition coefficient (Wildman–Crippen LogP) is 3.26. The fourth-order valence-electron chi connectivity index (χ4n) is 1.80. The van der Waals surface area contributed by atoms with Gasteiger partial charge >= 0.3 is 0 Å². The molecule has 0 aliphatic rings. The van der Waals surface area contributed by atoms with Crippen LogP contribution in [0.2, 0.25) is 5.02 Å². The minimum atomic E-state index is -1.21. The molecular formula is C15H13ClO3. The molecule has 0 amide bonds. The number of aliphatic hydroxyl groups is 1. The molecule has 0 bridgehead atoms. The molecule has 0 spiro atoms. The smallest absolute Gasteiger partial charge is 0.199 e. The highest BCUT2D eigenvalue weighted by molar-refractivity contribution is 6.30. The van der Waals surface area contributed by atoms with Crippen LogP contribution in [0, 0.1) is 0 Å². The molecule has 4 heteroatoms. The second-order valence-corrected chi connectivity index (χ2v) is 4.46. The molecule has 2 aromatic rings. The van der Waals surface area contributed by atoms with Crippen molar-refractivity contribution < 1.29 is 14.6 Å². The van der Waals surface area contributed by atoms with E-state index in [1.807, 2.05) is 6.07 Å². The Morgan fingerprint density at radius 2 is 1.89 bits per heavy atom. The third-order valence-electron chi connectivity index (χ3n) is 2.79. The number of methoxy groups -OCH3 is 1. The van der Waals surface area contributed by atoms with Gasteiger partial charge in [-0.1, -0.05) is 41.9 Å². The summed E-state index contributed by atoms with van der Waals surface area (Å²) in [6, 6.07) is 13.5. The summed E-state index contributed by atoms with van der Waals surface area (Å²) >= 11 is 5.84. The molecule has 0 saturated heterocycles. The molecule has 3 nitrogen and oxygen atoms in total. The maximum atomic E-state index is 12.3. The van der Waals surface area contributed by atoms with Gasteiger partial charge in [-0.3, -0.25) is 4.79 Å². The summed E-state index contributed by atoms with van der Waals surface area (Å²) in [5, 5.41) is 10.6. The Morgan fingerprint density at radius 3 is 2.53 bits per heavy atom. The molecule has 0 aromatic heterocycles. The molecule has 0 aliphatic heterocycles. The fourth-order valence-corrected chi connectivity index (χ4v) is 1.96. The summed E-state index contributed by atoms with van der Waals surface area (Å²) in [7, 11) is 1.46. The van der Waals surface area contributed by atoms with Gasteiger partial charge in [0.2, 0.25) is 0 Å². The average molecular weight is 277 g/mol. The minimum absolute atomic E-state index is 0.309. The number of hydrogen-bond donors (Lipinski definition) is 1. The maximum absolute atomic E-state index is 12.3. The van der Waals surface area contributed by atoms with Gasteiger partial charge in [-0.05, 0) is 23.8 Å². The summed E-state index contributed by atoms with van der Waals surface area (Å²) in [5.41, 5.74) is 0.854. The molecule has 0 aliphatic carbocycles. The van der Waals surface area contributed by atoms with Crippen LogP contribution in [-0.4, -0.2) is 18.0 Å². The normalized spacial score (nSPS) is 11.9. The quantitative estimate of drug-likeness (QED) is 0.872. The number of ether oxygens (including phenoxy) is 1. The Morgan fingerprint density at radius 1 is 1.21 bits per heavy atom. The van der Waals surface area contributed by atoms with Crippen molar-refractivity contribution in [3.63, 3.8) is 0 Å². The number of hydrogen-bond acceptors (Lipinski definition) is 3. The van der Waals surface area contributed by atoms with Crippen LogP contribution in [0.5, 0.6) is 5.75 Å². The van der Waals surface area contributed by atoms with E-state index in [0.29, 0.717) is 21.9 Å². The summed E-state index contributed by atoms with van der Waals surface area (Å²) in [4.78, 5) is 12.3. The SMILES string of the molecule is COc1cc(Cl)ccc1C(=O)C(O)c1ccccc1. The third kappa shape index (κ3) is 2.95. The molecule has 98 valence electrons. The number of carbonyl (C=O) groups excluding carboxylic acids is 1. The molecule has 1 N–H and O–H groups in total. The van der Waals surface area contributed by atoms with Crippen LogP contribution in [0.25, 0.3) is 0 Å². The molecule has 1 atom stereocenters. The van der Waals surface area contributed by atoms with Crippen LogP contribution in [0.3, 0.4) is 0 Å². The first-order valence-corrected chi connectivity index (χ1v) is 6.12. The van der Waals surface area contributed by atoms with Gasteiger partial charge in [0.1, 0.15) is 11.9 Å². The number of benzene rings is 2. The lowest BCUT2D eigenvalue weighted by molar-refractivity contribution is 0.0744. The lowest BCUT2D eigenvalue weighted by Gasteiger charge is -2.13. The summed E-state index contributed by atoms with van der Waals surface area (Å²) < 4.78 is 5.12. The Balaban J connectivity index is 2.34. The summed E-state index contributed by atoms with van der Waals surface area (Å²) in [6.07, 6.45) is -1.21. The van der Waals surface area contributed by atoms with Crippen molar-refractivity contribution in [3.05, 3.63) is 64.7 Å². The standard InChI is InChI=1S/C15H13ClO3/c1-19-13-9-11(16)7-8-12(13)15(18)14(17)10-5-3-2-4-6-10/h2-9,14,17H,1H3. The number of ketones is 1. The van der Waals surface area contributed by atoms with Crippen molar-refractivity contribution in [2.75, 3.05) is 7.11 Å². The van der Waals surface area contributed by atoms with Crippen LogP contribution in [0.1, 0.15) is 22.0 Å². The van der Waals surface area contributed by atoms with Crippen LogP contribution in [-0.2, 0) is 0 Å². The van der Waals surface area contributed by atoms with Gasteiger partial charge in [0, 0.05) is 5.02 Å². The number of carbonyl (C=O) groups is 1. The Labute approximate surface area is 116 Å². The second-order valence-electron chi connectivity index (χ2n) is 4.02. The van der Waals surface area contributed by atoms with E-state index in [4.69, 9.17) is 16.3 Å². The molecule has 0 radical (unpaired) electrons. The van der Waals surface area contributed by atoms with E-state index in [9.17, 15) is 9.90 Å². The van der Waals surface area contributed by atoms with Crippen LogP contribution < -0.4 is 4.74 Å². The van der Waals surface area contributed by atoms with E-state index >= 15 is 0 Å². The first kappa shape index (κ1) is 13.6. The minimum Gasteiger partial charge on any atom is -0.496 e. The van der Waals surface area contributed by atoms with Crippen molar-refractivity contribution >= 4 is 17.4 Å². The third-order valence-corrected chi connectivity index (χ3v) is 3.03. The van der Waals surface area contributed by atoms with E-state index in [1.165, 1.54) is 7.11 Å². The van der Waals surface area contributed by atoms with E-state index in [0.717, 1.165) is 0 Å². The number of aliphatic hydroxyl groups excluding tert-OH is 1. The molecule has 2 rings (SSSR count). The molecule has 0 saturated carbocycles. The van der Waals surface area contributed by atoms with E-state index in [-0.39, 0.29) is 0 Å². The first-order chi connectivity index (χ1) is 9.13.